The molecule has 1 aromatic carbocycles. The number of benzene rings is 1. The molecule has 0 spiro atoms. The van der Waals surface area contributed by atoms with E-state index in [2.05, 4.69) is 55.3 Å². The van der Waals surface area contributed by atoms with Gasteiger partial charge in [0.1, 0.15) is 0 Å². The van der Waals surface area contributed by atoms with Gasteiger partial charge in [-0.25, -0.2) is 4.98 Å². The highest BCUT2D eigenvalue weighted by molar-refractivity contribution is 7.09. The van der Waals surface area contributed by atoms with E-state index in [-0.39, 0.29) is 17.4 Å². The second-order valence-corrected chi connectivity index (χ2v) is 11.2. The second kappa shape index (κ2) is 8.64. The summed E-state index contributed by atoms with van der Waals surface area (Å²) < 4.78 is 0. The van der Waals surface area contributed by atoms with E-state index in [1.54, 1.807) is 11.3 Å². The fraction of sp³-hybridized carbons (Fsp3) is 0.600. The number of aromatic nitrogens is 1. The number of nitrogens with zero attached hydrogens (tertiary/aromatic N) is 3. The summed E-state index contributed by atoms with van der Waals surface area (Å²) in [5.41, 5.74) is 3.08. The van der Waals surface area contributed by atoms with Crippen LogP contribution in [0.15, 0.2) is 29.6 Å². The fourth-order valence-electron chi connectivity index (χ4n) is 4.61. The minimum absolute atomic E-state index is 0.0260. The molecule has 2 aromatic rings. The SMILES string of the molecule is CC(C(=O)N1CCC(O)(Cc2nc(C(C)(C)C)cs2)CC1)N1CCc2ccccc2C1. The summed E-state index contributed by atoms with van der Waals surface area (Å²) in [7, 11) is 0. The van der Waals surface area contributed by atoms with Crippen molar-refractivity contribution in [2.75, 3.05) is 19.6 Å². The predicted molar refractivity (Wildman–Crippen MR) is 125 cm³/mol. The predicted octanol–water partition coefficient (Wildman–Crippen LogP) is 3.78. The molecule has 31 heavy (non-hydrogen) atoms. The Morgan fingerprint density at radius 3 is 2.52 bits per heavy atom. The zero-order chi connectivity index (χ0) is 22.2. The Kier molecular flexibility index (Phi) is 6.25. The molecule has 0 radical (unpaired) electrons. The molecule has 3 heterocycles. The third-order valence-electron chi connectivity index (χ3n) is 6.87. The van der Waals surface area contributed by atoms with Crippen molar-refractivity contribution in [1.82, 2.24) is 14.8 Å². The van der Waals surface area contributed by atoms with Crippen LogP contribution in [0.2, 0.25) is 0 Å². The minimum atomic E-state index is -0.767. The molecule has 1 fully saturated rings. The molecule has 1 saturated heterocycles. The van der Waals surface area contributed by atoms with E-state index in [0.29, 0.717) is 32.4 Å². The maximum absolute atomic E-state index is 13.2. The van der Waals surface area contributed by atoms with Crippen molar-refractivity contribution in [1.29, 1.82) is 0 Å². The Labute approximate surface area is 190 Å². The molecule has 4 rings (SSSR count). The lowest BCUT2D eigenvalue weighted by molar-refractivity contribution is -0.141. The van der Waals surface area contributed by atoms with E-state index in [4.69, 9.17) is 4.98 Å². The summed E-state index contributed by atoms with van der Waals surface area (Å²) in [5, 5.41) is 14.3. The molecular formula is C25H35N3O2S. The monoisotopic (exact) mass is 441 g/mol. The number of fused-ring (bicyclic) bond motifs is 1. The van der Waals surface area contributed by atoms with Gasteiger partial charge >= 0.3 is 0 Å². The highest BCUT2D eigenvalue weighted by Gasteiger charge is 2.37. The van der Waals surface area contributed by atoms with Crippen LogP contribution in [0.1, 0.15) is 62.4 Å². The number of aliphatic hydroxyl groups is 1. The fourth-order valence-corrected chi connectivity index (χ4v) is 5.76. The van der Waals surface area contributed by atoms with Crippen LogP contribution >= 0.6 is 11.3 Å². The van der Waals surface area contributed by atoms with Crippen molar-refractivity contribution < 1.29 is 9.90 Å². The van der Waals surface area contributed by atoms with Gasteiger partial charge in [-0.1, -0.05) is 45.0 Å². The first-order chi connectivity index (χ1) is 14.6. The molecule has 2 aliphatic rings. The van der Waals surface area contributed by atoms with Crippen molar-refractivity contribution in [3.05, 3.63) is 51.5 Å². The molecule has 1 atom stereocenters. The first-order valence-electron chi connectivity index (χ1n) is 11.4. The summed E-state index contributed by atoms with van der Waals surface area (Å²) in [5.74, 6) is 0.186. The topological polar surface area (TPSA) is 56.7 Å². The zero-order valence-electron chi connectivity index (χ0n) is 19.2. The molecule has 6 heteroatoms. The van der Waals surface area contributed by atoms with Crippen LogP contribution in [0, 0.1) is 0 Å². The molecular weight excluding hydrogens is 406 g/mol. The van der Waals surface area contributed by atoms with Gasteiger partial charge in [-0.2, -0.15) is 0 Å². The van der Waals surface area contributed by atoms with E-state index < -0.39 is 5.60 Å². The van der Waals surface area contributed by atoms with Crippen LogP contribution < -0.4 is 0 Å². The summed E-state index contributed by atoms with van der Waals surface area (Å²) in [6.45, 7) is 11.5. The third kappa shape index (κ3) is 5.02. The number of piperidine rings is 1. The number of carbonyl (C=O) groups excluding carboxylic acids is 1. The largest absolute Gasteiger partial charge is 0.389 e. The standard InChI is InChI=1S/C25H35N3O2S/c1-18(28-12-9-19-7-5-6-8-20(19)16-28)23(29)27-13-10-25(30,11-14-27)15-22-26-21(17-31-22)24(2,3)4/h5-8,17-18,30H,9-16H2,1-4H3. The van der Waals surface area contributed by atoms with Crippen molar-refractivity contribution in [3.8, 4) is 0 Å². The smallest absolute Gasteiger partial charge is 0.239 e. The normalized spacial score (nSPS) is 20.4. The first-order valence-corrected chi connectivity index (χ1v) is 12.3. The molecule has 5 nitrogen and oxygen atoms in total. The van der Waals surface area contributed by atoms with E-state index in [0.717, 1.165) is 30.2 Å². The number of hydrogen-bond acceptors (Lipinski definition) is 5. The lowest BCUT2D eigenvalue weighted by Crippen LogP contribution is -2.53. The van der Waals surface area contributed by atoms with Gasteiger partial charge in [-0.05, 0) is 37.3 Å². The lowest BCUT2D eigenvalue weighted by atomic mass is 9.88. The molecule has 2 aliphatic heterocycles. The first kappa shape index (κ1) is 22.4. The highest BCUT2D eigenvalue weighted by atomic mass is 32.1. The van der Waals surface area contributed by atoms with Crippen LogP contribution in [-0.2, 0) is 29.6 Å². The summed E-state index contributed by atoms with van der Waals surface area (Å²) >= 11 is 1.64. The number of carbonyl (C=O) groups is 1. The number of likely N-dealkylation sites (tertiary alicyclic amines) is 1. The third-order valence-corrected chi connectivity index (χ3v) is 7.72. The summed E-state index contributed by atoms with van der Waals surface area (Å²) in [4.78, 5) is 22.2. The van der Waals surface area contributed by atoms with E-state index >= 15 is 0 Å². The quantitative estimate of drug-likeness (QED) is 0.784. The van der Waals surface area contributed by atoms with Crippen molar-refractivity contribution in [3.63, 3.8) is 0 Å². The Morgan fingerprint density at radius 2 is 1.87 bits per heavy atom. The van der Waals surface area contributed by atoms with Crippen LogP contribution in [0.4, 0.5) is 0 Å². The van der Waals surface area contributed by atoms with Gasteiger partial charge in [0, 0.05) is 43.4 Å². The Balaban J connectivity index is 1.33. The van der Waals surface area contributed by atoms with Crippen LogP contribution in [0.25, 0.3) is 0 Å². The molecule has 1 N–H and O–H groups in total. The van der Waals surface area contributed by atoms with E-state index in [1.807, 2.05) is 11.8 Å². The van der Waals surface area contributed by atoms with Crippen molar-refractivity contribution >= 4 is 17.2 Å². The maximum Gasteiger partial charge on any atom is 0.239 e. The van der Waals surface area contributed by atoms with Gasteiger partial charge in [-0.3, -0.25) is 9.69 Å². The lowest BCUT2D eigenvalue weighted by Gasteiger charge is -2.41. The average molecular weight is 442 g/mol. The Bertz CT molecular complexity index is 925. The Morgan fingerprint density at radius 1 is 1.19 bits per heavy atom. The number of rotatable bonds is 4. The molecule has 1 amide bonds. The van der Waals surface area contributed by atoms with Gasteiger partial charge < -0.3 is 10.0 Å². The van der Waals surface area contributed by atoms with Gasteiger partial charge in [0.2, 0.25) is 5.91 Å². The van der Waals surface area contributed by atoms with Crippen molar-refractivity contribution in [2.24, 2.45) is 0 Å². The Hall–Kier alpha value is -1.76. The minimum Gasteiger partial charge on any atom is -0.389 e. The van der Waals surface area contributed by atoms with Crippen molar-refractivity contribution in [2.45, 2.75) is 77.0 Å². The average Bonchev–Trinajstić information content (AvgIpc) is 3.21. The number of hydrogen-bond donors (Lipinski definition) is 1. The molecule has 0 bridgehead atoms. The number of thiazole rings is 1. The maximum atomic E-state index is 13.2. The molecule has 1 unspecified atom stereocenters. The van der Waals surface area contributed by atoms with Crippen LogP contribution in [0.5, 0.6) is 0 Å². The van der Waals surface area contributed by atoms with Gasteiger partial charge in [0.25, 0.3) is 0 Å². The number of amides is 1. The van der Waals surface area contributed by atoms with E-state index in [1.165, 1.54) is 11.1 Å². The summed E-state index contributed by atoms with van der Waals surface area (Å²) in [6.07, 6.45) is 2.80. The second-order valence-electron chi connectivity index (χ2n) is 10.3. The molecule has 168 valence electrons. The van der Waals surface area contributed by atoms with Gasteiger partial charge in [0.15, 0.2) is 0 Å². The zero-order valence-corrected chi connectivity index (χ0v) is 20.0. The summed E-state index contributed by atoms with van der Waals surface area (Å²) in [6, 6.07) is 8.40. The van der Waals surface area contributed by atoms with Gasteiger partial charge in [0.05, 0.1) is 22.3 Å². The van der Waals surface area contributed by atoms with E-state index in [9.17, 15) is 9.90 Å². The molecule has 1 aromatic heterocycles. The molecule has 0 aliphatic carbocycles. The molecule has 0 saturated carbocycles. The van der Waals surface area contributed by atoms with Crippen LogP contribution in [-0.4, -0.2) is 57.1 Å². The highest BCUT2D eigenvalue weighted by Crippen LogP contribution is 2.31. The van der Waals surface area contributed by atoms with Crippen LogP contribution in [0.3, 0.4) is 0 Å². The van der Waals surface area contributed by atoms with Gasteiger partial charge in [-0.15, -0.1) is 11.3 Å².